The first kappa shape index (κ1) is 16.6. The van der Waals surface area contributed by atoms with Crippen molar-refractivity contribution in [1.29, 1.82) is 0 Å². The molecule has 2 aromatic heterocycles. The molecule has 3 rings (SSSR count). The maximum absolute atomic E-state index is 5.86. The van der Waals surface area contributed by atoms with E-state index in [-0.39, 0.29) is 0 Å². The lowest BCUT2D eigenvalue weighted by Gasteiger charge is -2.03. The molecule has 0 aliphatic heterocycles. The lowest BCUT2D eigenvalue weighted by Crippen LogP contribution is -2.04. The summed E-state index contributed by atoms with van der Waals surface area (Å²) in [4.78, 5) is 10.5. The van der Waals surface area contributed by atoms with E-state index in [0.29, 0.717) is 23.3 Å². The largest absolute Gasteiger partial charge is 0.391 e. The van der Waals surface area contributed by atoms with E-state index in [1.807, 2.05) is 44.2 Å². The Balaban J connectivity index is 1.66. The van der Waals surface area contributed by atoms with Crippen molar-refractivity contribution in [2.24, 2.45) is 5.16 Å². The molecule has 0 amide bonds. The molecule has 0 atom stereocenters. The standard InChI is InChI=1S/C16H16ClN5OS/c1-11(20-23-10-13-6-4-3-5-7-13)15-12(2)22(21-19-15)9-14-8-18-16(17)24-14/h3-8H,9-10H2,1-2H3/b20-11-. The van der Waals surface area contributed by atoms with E-state index in [4.69, 9.17) is 16.4 Å². The average molecular weight is 362 g/mol. The van der Waals surface area contributed by atoms with Gasteiger partial charge in [0.15, 0.2) is 4.47 Å². The van der Waals surface area contributed by atoms with Crippen LogP contribution in [-0.2, 0) is 18.0 Å². The van der Waals surface area contributed by atoms with Gasteiger partial charge in [-0.1, -0.05) is 52.3 Å². The van der Waals surface area contributed by atoms with Gasteiger partial charge in [-0.05, 0) is 19.4 Å². The van der Waals surface area contributed by atoms with Crippen LogP contribution in [0, 0.1) is 6.92 Å². The molecule has 124 valence electrons. The fourth-order valence-corrected chi connectivity index (χ4v) is 3.13. The van der Waals surface area contributed by atoms with Gasteiger partial charge < -0.3 is 4.84 Å². The number of aromatic nitrogens is 4. The molecule has 6 nitrogen and oxygen atoms in total. The molecular formula is C16H16ClN5OS. The number of hydrogen-bond donors (Lipinski definition) is 0. The second-order valence-corrected chi connectivity index (χ2v) is 6.89. The van der Waals surface area contributed by atoms with Gasteiger partial charge in [0.25, 0.3) is 0 Å². The molecule has 3 aromatic rings. The highest BCUT2D eigenvalue weighted by Gasteiger charge is 2.13. The van der Waals surface area contributed by atoms with Crippen molar-refractivity contribution < 1.29 is 4.84 Å². The summed E-state index contributed by atoms with van der Waals surface area (Å²) in [7, 11) is 0. The third-order valence-electron chi connectivity index (χ3n) is 3.43. The summed E-state index contributed by atoms with van der Waals surface area (Å²) in [5.74, 6) is 0. The Labute approximate surface area is 148 Å². The second kappa shape index (κ2) is 7.55. The Morgan fingerprint density at radius 1 is 1.33 bits per heavy atom. The third kappa shape index (κ3) is 3.98. The molecule has 0 saturated heterocycles. The molecule has 0 bridgehead atoms. The Morgan fingerprint density at radius 3 is 2.83 bits per heavy atom. The number of oxime groups is 1. The van der Waals surface area contributed by atoms with Gasteiger partial charge in [-0.15, -0.1) is 16.4 Å². The Morgan fingerprint density at radius 2 is 2.12 bits per heavy atom. The summed E-state index contributed by atoms with van der Waals surface area (Å²) >= 11 is 7.29. The molecule has 2 heterocycles. The van der Waals surface area contributed by atoms with Crippen LogP contribution in [0.3, 0.4) is 0 Å². The highest BCUT2D eigenvalue weighted by atomic mass is 35.5. The summed E-state index contributed by atoms with van der Waals surface area (Å²) in [6, 6.07) is 9.89. The normalized spacial score (nSPS) is 11.7. The Kier molecular flexibility index (Phi) is 5.22. The first-order chi connectivity index (χ1) is 11.6. The van der Waals surface area contributed by atoms with Crippen LogP contribution in [0.1, 0.15) is 28.8 Å². The summed E-state index contributed by atoms with van der Waals surface area (Å²) in [5, 5.41) is 12.5. The minimum Gasteiger partial charge on any atom is -0.391 e. The van der Waals surface area contributed by atoms with Crippen LogP contribution in [0.4, 0.5) is 0 Å². The molecular weight excluding hydrogens is 346 g/mol. The number of hydrogen-bond acceptors (Lipinski definition) is 6. The zero-order chi connectivity index (χ0) is 16.9. The molecule has 0 saturated carbocycles. The SMILES string of the molecule is C/C(=N/OCc1ccccc1)c1nnn(Cc2cnc(Cl)s2)c1C. The van der Waals surface area contributed by atoms with E-state index in [1.165, 1.54) is 11.3 Å². The predicted octanol–water partition coefficient (Wildman–Crippen LogP) is 3.69. The van der Waals surface area contributed by atoms with E-state index in [2.05, 4.69) is 20.5 Å². The van der Waals surface area contributed by atoms with E-state index >= 15 is 0 Å². The van der Waals surface area contributed by atoms with Crippen molar-refractivity contribution >= 4 is 28.6 Å². The molecule has 0 radical (unpaired) electrons. The molecule has 0 aliphatic rings. The molecule has 0 fully saturated rings. The van der Waals surface area contributed by atoms with Gasteiger partial charge in [-0.3, -0.25) is 0 Å². The van der Waals surface area contributed by atoms with Crippen molar-refractivity contribution in [3.8, 4) is 0 Å². The molecule has 0 spiro atoms. The smallest absolute Gasteiger partial charge is 0.183 e. The van der Waals surface area contributed by atoms with Gasteiger partial charge in [-0.2, -0.15) is 0 Å². The van der Waals surface area contributed by atoms with Crippen LogP contribution in [0.2, 0.25) is 4.47 Å². The highest BCUT2D eigenvalue weighted by Crippen LogP contribution is 2.19. The predicted molar refractivity (Wildman–Crippen MR) is 94.4 cm³/mol. The first-order valence-corrected chi connectivity index (χ1v) is 8.54. The van der Waals surface area contributed by atoms with E-state index in [1.54, 1.807) is 10.9 Å². The number of halogens is 1. The highest BCUT2D eigenvalue weighted by molar-refractivity contribution is 7.15. The molecule has 1 aromatic carbocycles. The second-order valence-electron chi connectivity index (χ2n) is 5.20. The maximum Gasteiger partial charge on any atom is 0.183 e. The maximum atomic E-state index is 5.86. The van der Waals surface area contributed by atoms with Crippen LogP contribution in [0.15, 0.2) is 41.7 Å². The minimum atomic E-state index is 0.421. The summed E-state index contributed by atoms with van der Waals surface area (Å²) in [5.41, 5.74) is 3.40. The average Bonchev–Trinajstić information content (AvgIpc) is 3.15. The van der Waals surface area contributed by atoms with Crippen molar-refractivity contribution in [3.63, 3.8) is 0 Å². The monoisotopic (exact) mass is 361 g/mol. The minimum absolute atomic E-state index is 0.421. The lowest BCUT2D eigenvalue weighted by atomic mass is 10.2. The van der Waals surface area contributed by atoms with Gasteiger partial charge in [-0.25, -0.2) is 9.67 Å². The number of benzene rings is 1. The summed E-state index contributed by atoms with van der Waals surface area (Å²) in [6.07, 6.45) is 1.75. The number of thiazole rings is 1. The van der Waals surface area contributed by atoms with Crippen LogP contribution < -0.4 is 0 Å². The van der Waals surface area contributed by atoms with Crippen LogP contribution in [0.25, 0.3) is 0 Å². The fraction of sp³-hybridized carbons (Fsp3) is 0.250. The number of nitrogens with zero attached hydrogens (tertiary/aromatic N) is 5. The van der Waals surface area contributed by atoms with Gasteiger partial charge in [0.05, 0.1) is 12.2 Å². The van der Waals surface area contributed by atoms with Gasteiger partial charge in [0.1, 0.15) is 18.0 Å². The third-order valence-corrected chi connectivity index (χ3v) is 4.53. The van der Waals surface area contributed by atoms with Crippen molar-refractivity contribution in [2.45, 2.75) is 27.0 Å². The number of rotatable bonds is 6. The Bertz CT molecular complexity index is 843. The van der Waals surface area contributed by atoms with E-state index < -0.39 is 0 Å². The lowest BCUT2D eigenvalue weighted by molar-refractivity contribution is 0.130. The molecule has 24 heavy (non-hydrogen) atoms. The van der Waals surface area contributed by atoms with Gasteiger partial charge in [0, 0.05) is 11.1 Å². The van der Waals surface area contributed by atoms with Crippen molar-refractivity contribution in [2.75, 3.05) is 0 Å². The molecule has 0 aliphatic carbocycles. The topological polar surface area (TPSA) is 65.2 Å². The van der Waals surface area contributed by atoms with Gasteiger partial charge >= 0.3 is 0 Å². The van der Waals surface area contributed by atoms with Crippen molar-refractivity contribution in [1.82, 2.24) is 20.0 Å². The first-order valence-electron chi connectivity index (χ1n) is 7.34. The molecule has 0 N–H and O–H groups in total. The van der Waals surface area contributed by atoms with Crippen LogP contribution >= 0.6 is 22.9 Å². The molecule has 8 heteroatoms. The quantitative estimate of drug-likeness (QED) is 0.496. The van der Waals surface area contributed by atoms with E-state index in [9.17, 15) is 0 Å². The summed E-state index contributed by atoms with van der Waals surface area (Å²) < 4.78 is 2.32. The zero-order valence-electron chi connectivity index (χ0n) is 13.3. The summed E-state index contributed by atoms with van der Waals surface area (Å²) in [6.45, 7) is 4.82. The Hall–Kier alpha value is -2.25. The van der Waals surface area contributed by atoms with Gasteiger partial charge in [0.2, 0.25) is 0 Å². The fourth-order valence-electron chi connectivity index (χ4n) is 2.17. The van der Waals surface area contributed by atoms with E-state index in [0.717, 1.165) is 21.8 Å². The van der Waals surface area contributed by atoms with Crippen LogP contribution in [-0.4, -0.2) is 25.7 Å². The van der Waals surface area contributed by atoms with Crippen molar-refractivity contribution in [3.05, 3.63) is 62.8 Å². The van der Waals surface area contributed by atoms with Crippen LogP contribution in [0.5, 0.6) is 0 Å². The zero-order valence-corrected chi connectivity index (χ0v) is 14.9. The molecule has 0 unspecified atom stereocenters.